The van der Waals surface area contributed by atoms with E-state index in [2.05, 4.69) is 25.1 Å². The van der Waals surface area contributed by atoms with Crippen molar-refractivity contribution in [3.63, 3.8) is 0 Å². The van der Waals surface area contributed by atoms with Gasteiger partial charge in [0.1, 0.15) is 0 Å². The van der Waals surface area contributed by atoms with Crippen LogP contribution in [0.4, 0.5) is 22.7 Å². The van der Waals surface area contributed by atoms with Crippen molar-refractivity contribution in [3.8, 4) is 0 Å². The Bertz CT molecular complexity index is 1020. The Morgan fingerprint density at radius 3 is 1.79 bits per heavy atom. The van der Waals surface area contributed by atoms with E-state index in [1.54, 1.807) is 24.3 Å². The zero-order valence-electron chi connectivity index (χ0n) is 17.3. The van der Waals surface area contributed by atoms with Gasteiger partial charge in [-0.3, -0.25) is 4.79 Å². The standard InChI is InChI=1S/C10H9ClN2O3.C10H11ClN2O.CO2/c1-12-9-3-2-7(4-8(9)11)13-10(5-14)16-6-15;1-7(6-14)13-8-3-4-10(12-2)9(11)5-8;2-1-3/h2-4,6,10,13-14H,5H2;3-5,7,13-14H,6H2,1H3;/t10-;7-;/m00./s1. The monoisotopic (exact) mass is 494 g/mol. The van der Waals surface area contributed by atoms with E-state index in [4.69, 9.17) is 56.1 Å². The lowest BCUT2D eigenvalue weighted by atomic mass is 10.2. The van der Waals surface area contributed by atoms with E-state index in [1.807, 2.05) is 6.92 Å². The first-order valence-electron chi connectivity index (χ1n) is 8.97. The van der Waals surface area contributed by atoms with E-state index in [0.717, 1.165) is 5.69 Å². The van der Waals surface area contributed by atoms with Crippen LogP contribution >= 0.6 is 23.2 Å². The average molecular weight is 495 g/mol. The topological polar surface area (TPSA) is 134 Å². The van der Waals surface area contributed by atoms with Crippen molar-refractivity contribution in [1.29, 1.82) is 0 Å². The Balaban J connectivity index is 0.000000558. The van der Waals surface area contributed by atoms with Crippen LogP contribution in [0.3, 0.4) is 0 Å². The van der Waals surface area contributed by atoms with E-state index in [0.29, 0.717) is 27.1 Å². The molecule has 0 amide bonds. The van der Waals surface area contributed by atoms with Crippen molar-refractivity contribution >= 4 is 58.6 Å². The molecule has 2 aromatic rings. The number of anilines is 2. The third kappa shape index (κ3) is 11.5. The van der Waals surface area contributed by atoms with Crippen LogP contribution in [0.5, 0.6) is 0 Å². The molecule has 174 valence electrons. The van der Waals surface area contributed by atoms with E-state index >= 15 is 0 Å². The molecule has 0 heterocycles. The number of rotatable bonds is 8. The van der Waals surface area contributed by atoms with Gasteiger partial charge in [-0.05, 0) is 31.2 Å². The van der Waals surface area contributed by atoms with Crippen LogP contribution in [0, 0.1) is 13.1 Å². The number of hydrogen-bond donors (Lipinski definition) is 4. The van der Waals surface area contributed by atoms with Gasteiger partial charge in [-0.1, -0.05) is 35.3 Å². The first kappa shape index (κ1) is 29.4. The summed E-state index contributed by atoms with van der Waals surface area (Å²) in [6, 6.07) is 9.74. The summed E-state index contributed by atoms with van der Waals surface area (Å²) in [6.45, 7) is 15.4. The Hall–Kier alpha value is -3.63. The third-order valence-corrected chi connectivity index (χ3v) is 4.14. The van der Waals surface area contributed by atoms with Crippen LogP contribution in [0.1, 0.15) is 6.92 Å². The quantitative estimate of drug-likeness (QED) is 0.246. The average Bonchev–Trinajstić information content (AvgIpc) is 2.80. The molecule has 0 unspecified atom stereocenters. The van der Waals surface area contributed by atoms with Crippen LogP contribution in [0.25, 0.3) is 9.69 Å². The number of nitrogens with one attached hydrogen (secondary N) is 2. The van der Waals surface area contributed by atoms with Crippen molar-refractivity contribution in [2.45, 2.75) is 19.2 Å². The molecule has 0 aliphatic rings. The van der Waals surface area contributed by atoms with Gasteiger partial charge in [0.2, 0.25) is 11.4 Å². The molecule has 0 aliphatic heterocycles. The van der Waals surface area contributed by atoms with Crippen LogP contribution in [-0.4, -0.2) is 48.3 Å². The number of carbonyl (C=O) groups is 1. The molecule has 33 heavy (non-hydrogen) atoms. The van der Waals surface area contributed by atoms with Gasteiger partial charge in [0.15, 0.2) is 6.23 Å². The number of carbonyl (C=O) groups excluding carboxylic acids is 3. The maximum absolute atomic E-state index is 10.1. The second kappa shape index (κ2) is 17.0. The maximum Gasteiger partial charge on any atom is 0.373 e. The highest BCUT2D eigenvalue weighted by molar-refractivity contribution is 6.34. The molecule has 0 aliphatic carbocycles. The highest BCUT2D eigenvalue weighted by Gasteiger charge is 2.08. The van der Waals surface area contributed by atoms with Crippen LogP contribution in [0.15, 0.2) is 36.4 Å². The van der Waals surface area contributed by atoms with E-state index in [9.17, 15) is 4.79 Å². The molecular formula is C21H20Cl2N4O6. The minimum Gasteiger partial charge on any atom is -0.441 e. The van der Waals surface area contributed by atoms with Gasteiger partial charge in [0.05, 0.1) is 26.4 Å². The minimum absolute atomic E-state index is 0.0233. The second-order valence-corrected chi connectivity index (χ2v) is 6.73. The molecule has 2 atom stereocenters. The van der Waals surface area contributed by atoms with E-state index in [1.165, 1.54) is 12.1 Å². The fourth-order valence-electron chi connectivity index (χ4n) is 2.08. The first-order chi connectivity index (χ1) is 15.8. The third-order valence-electron chi connectivity index (χ3n) is 3.54. The predicted molar refractivity (Wildman–Crippen MR) is 122 cm³/mol. The second-order valence-electron chi connectivity index (χ2n) is 5.92. The normalized spacial score (nSPS) is 10.8. The molecule has 0 fully saturated rings. The number of benzene rings is 2. The lowest BCUT2D eigenvalue weighted by molar-refractivity contribution is -0.191. The van der Waals surface area contributed by atoms with Gasteiger partial charge >= 0.3 is 6.15 Å². The largest absolute Gasteiger partial charge is 0.441 e. The number of halogens is 2. The molecule has 10 nitrogen and oxygen atoms in total. The molecule has 4 N–H and O–H groups in total. The SMILES string of the molecule is O=C=O.[C-]#[N+]c1ccc(N[C@@H](C)CO)cc1Cl.[C-]#[N+]c1ccc(N[C@H](CO)OC=O)cc1Cl. The molecule has 0 saturated carbocycles. The summed E-state index contributed by atoms with van der Waals surface area (Å²) in [7, 11) is 0. The van der Waals surface area contributed by atoms with Gasteiger partial charge in [-0.15, -0.1) is 0 Å². The van der Waals surface area contributed by atoms with E-state index < -0.39 is 6.23 Å². The number of hydrogen-bond acceptors (Lipinski definition) is 8. The van der Waals surface area contributed by atoms with Gasteiger partial charge in [0, 0.05) is 27.5 Å². The highest BCUT2D eigenvalue weighted by atomic mass is 35.5. The van der Waals surface area contributed by atoms with Gasteiger partial charge < -0.3 is 25.6 Å². The van der Waals surface area contributed by atoms with Crippen molar-refractivity contribution in [1.82, 2.24) is 0 Å². The zero-order valence-corrected chi connectivity index (χ0v) is 18.8. The molecule has 0 bridgehead atoms. The predicted octanol–water partition coefficient (Wildman–Crippen LogP) is 3.89. The first-order valence-corrected chi connectivity index (χ1v) is 9.72. The smallest absolute Gasteiger partial charge is 0.373 e. The van der Waals surface area contributed by atoms with Crippen molar-refractivity contribution in [2.24, 2.45) is 0 Å². The molecule has 0 saturated heterocycles. The summed E-state index contributed by atoms with van der Waals surface area (Å²) in [6.07, 6.45) is -0.577. The zero-order chi connectivity index (χ0) is 25.2. The number of aliphatic hydroxyl groups excluding tert-OH is 2. The molecule has 0 spiro atoms. The Labute approximate surface area is 200 Å². The van der Waals surface area contributed by atoms with Gasteiger partial charge in [-0.25, -0.2) is 9.69 Å². The molecule has 12 heteroatoms. The van der Waals surface area contributed by atoms with Crippen molar-refractivity contribution in [2.75, 3.05) is 23.8 Å². The summed E-state index contributed by atoms with van der Waals surface area (Å²) < 4.78 is 4.55. The Kier molecular flexibility index (Phi) is 15.1. The summed E-state index contributed by atoms with van der Waals surface area (Å²) in [5.74, 6) is 0. The number of ether oxygens (including phenoxy) is 1. The number of aliphatic hydroxyl groups is 2. The lowest BCUT2D eigenvalue weighted by Crippen LogP contribution is -2.26. The Morgan fingerprint density at radius 1 is 1.00 bits per heavy atom. The highest BCUT2D eigenvalue weighted by Crippen LogP contribution is 2.29. The van der Waals surface area contributed by atoms with Gasteiger partial charge in [0.25, 0.3) is 6.47 Å². The lowest BCUT2D eigenvalue weighted by Gasteiger charge is -2.15. The summed E-state index contributed by atoms with van der Waals surface area (Å²) in [5.41, 5.74) is 2.14. The summed E-state index contributed by atoms with van der Waals surface area (Å²) in [4.78, 5) is 32.8. The molecule has 2 aromatic carbocycles. The fraction of sp³-hybridized carbons (Fsp3) is 0.238. The van der Waals surface area contributed by atoms with E-state index in [-0.39, 0.29) is 31.9 Å². The molecule has 0 radical (unpaired) electrons. The minimum atomic E-state index is -0.827. The molecular weight excluding hydrogens is 475 g/mol. The fourth-order valence-corrected chi connectivity index (χ4v) is 2.53. The maximum atomic E-state index is 10.1. The Morgan fingerprint density at radius 2 is 1.45 bits per heavy atom. The van der Waals surface area contributed by atoms with Gasteiger partial charge in [-0.2, -0.15) is 9.59 Å². The van der Waals surface area contributed by atoms with Crippen LogP contribution in [0.2, 0.25) is 10.0 Å². The van der Waals surface area contributed by atoms with Crippen molar-refractivity contribution in [3.05, 3.63) is 69.3 Å². The summed E-state index contributed by atoms with van der Waals surface area (Å²) in [5, 5.41) is 24.2. The summed E-state index contributed by atoms with van der Waals surface area (Å²) >= 11 is 11.6. The van der Waals surface area contributed by atoms with Crippen LogP contribution < -0.4 is 10.6 Å². The molecule has 2 rings (SSSR count). The van der Waals surface area contributed by atoms with Crippen molar-refractivity contribution < 1.29 is 29.3 Å². The number of nitrogens with zero attached hydrogens (tertiary/aromatic N) is 2. The van der Waals surface area contributed by atoms with Crippen LogP contribution in [-0.2, 0) is 19.1 Å². The molecule has 0 aromatic heterocycles.